The van der Waals surface area contributed by atoms with Gasteiger partial charge >= 0.3 is 0 Å². The number of hydrogen-bond acceptors (Lipinski definition) is 3. The van der Waals surface area contributed by atoms with Gasteiger partial charge in [-0.05, 0) is 44.9 Å². The lowest BCUT2D eigenvalue weighted by Crippen LogP contribution is -2.37. The van der Waals surface area contributed by atoms with Gasteiger partial charge in [0, 0.05) is 22.7 Å². The molecule has 5 heteroatoms. The highest BCUT2D eigenvalue weighted by molar-refractivity contribution is 6.30. The molecule has 1 fully saturated rings. The van der Waals surface area contributed by atoms with Crippen molar-refractivity contribution in [3.63, 3.8) is 0 Å². The van der Waals surface area contributed by atoms with Gasteiger partial charge in [0.15, 0.2) is 6.10 Å². The average molecular weight is 283 g/mol. The molecule has 1 unspecified atom stereocenters. The molecule has 2 rings (SSSR count). The van der Waals surface area contributed by atoms with Crippen LogP contribution in [0.3, 0.4) is 0 Å². The van der Waals surface area contributed by atoms with E-state index in [1.807, 2.05) is 6.92 Å². The molecule has 0 radical (unpaired) electrons. The summed E-state index contributed by atoms with van der Waals surface area (Å²) in [5.74, 6) is 0.519. The van der Waals surface area contributed by atoms with Crippen molar-refractivity contribution in [3.8, 4) is 5.75 Å². The Hall–Kier alpha value is -1.26. The molecule has 0 saturated heterocycles. The summed E-state index contributed by atoms with van der Waals surface area (Å²) in [6.45, 7) is 3.59. The molecule has 1 aliphatic rings. The Labute approximate surface area is 118 Å². The highest BCUT2D eigenvalue weighted by Gasteiger charge is 2.26. The van der Waals surface area contributed by atoms with Crippen LogP contribution in [0.5, 0.6) is 5.75 Å². The zero-order valence-electron chi connectivity index (χ0n) is 11.2. The van der Waals surface area contributed by atoms with Crippen LogP contribution in [0.25, 0.3) is 0 Å². The van der Waals surface area contributed by atoms with Gasteiger partial charge in [-0.15, -0.1) is 0 Å². The third-order valence-electron chi connectivity index (χ3n) is 3.06. The molecule has 1 aromatic rings. The number of nitrogens with one attached hydrogen (secondary N) is 1. The van der Waals surface area contributed by atoms with E-state index in [4.69, 9.17) is 22.1 Å². The minimum Gasteiger partial charge on any atom is -0.481 e. The van der Waals surface area contributed by atoms with Gasteiger partial charge in [0.1, 0.15) is 5.75 Å². The number of carbonyl (C=O) groups is 1. The molecule has 0 aliphatic heterocycles. The van der Waals surface area contributed by atoms with Crippen LogP contribution < -0.4 is 15.8 Å². The van der Waals surface area contributed by atoms with E-state index in [2.05, 4.69) is 5.32 Å². The molecule has 1 saturated carbocycles. The summed E-state index contributed by atoms with van der Waals surface area (Å²) in [6.07, 6.45) is 1.58. The van der Waals surface area contributed by atoms with E-state index in [1.165, 1.54) is 0 Å². The summed E-state index contributed by atoms with van der Waals surface area (Å²) in [7, 11) is 0. The molecule has 1 aromatic carbocycles. The van der Waals surface area contributed by atoms with Gasteiger partial charge in [-0.2, -0.15) is 0 Å². The number of amides is 1. The van der Waals surface area contributed by atoms with Gasteiger partial charge in [-0.25, -0.2) is 0 Å². The number of hydrogen-bond donors (Lipinski definition) is 2. The number of halogens is 1. The minimum atomic E-state index is -0.542. The van der Waals surface area contributed by atoms with E-state index in [0.29, 0.717) is 16.8 Å². The molecule has 4 nitrogen and oxygen atoms in total. The predicted molar refractivity (Wildman–Crippen MR) is 75.3 cm³/mol. The molecule has 0 aromatic heterocycles. The number of benzene rings is 1. The first kappa shape index (κ1) is 14.2. The topological polar surface area (TPSA) is 64.3 Å². The maximum absolute atomic E-state index is 11.9. The molecule has 0 heterocycles. The second kappa shape index (κ2) is 5.80. The van der Waals surface area contributed by atoms with Crippen molar-refractivity contribution in [3.05, 3.63) is 28.8 Å². The molecule has 3 N–H and O–H groups in total. The van der Waals surface area contributed by atoms with Crippen LogP contribution in [-0.2, 0) is 4.79 Å². The first-order valence-corrected chi connectivity index (χ1v) is 6.87. The summed E-state index contributed by atoms with van der Waals surface area (Å²) in [5, 5.41) is 3.52. The van der Waals surface area contributed by atoms with Gasteiger partial charge in [0.05, 0.1) is 0 Å². The highest BCUT2D eigenvalue weighted by Crippen LogP contribution is 2.28. The zero-order valence-corrected chi connectivity index (χ0v) is 11.9. The number of nitrogens with two attached hydrogens (primary N) is 1. The van der Waals surface area contributed by atoms with Crippen LogP contribution in [0.2, 0.25) is 5.02 Å². The number of ether oxygens (including phenoxy) is 1. The lowest BCUT2D eigenvalue weighted by molar-refractivity contribution is -0.127. The highest BCUT2D eigenvalue weighted by atomic mass is 35.5. The Morgan fingerprint density at radius 2 is 2.16 bits per heavy atom. The molecule has 1 aliphatic carbocycles. The van der Waals surface area contributed by atoms with E-state index < -0.39 is 6.10 Å². The van der Waals surface area contributed by atoms with Crippen molar-refractivity contribution in [1.29, 1.82) is 0 Å². The molecule has 1 amide bonds. The molecule has 0 bridgehead atoms. The standard InChI is InChI=1S/C14H19ClN2O2/c1-8(16)12-7-10(15)3-6-13(12)19-9(2)14(18)17-11-4-5-11/h3,6-9,11H,4-5,16H2,1-2H3,(H,17,18)/t8-,9?/m0/s1. The van der Waals surface area contributed by atoms with Crippen LogP contribution >= 0.6 is 11.6 Å². The second-order valence-corrected chi connectivity index (χ2v) is 5.45. The van der Waals surface area contributed by atoms with E-state index in [0.717, 1.165) is 18.4 Å². The van der Waals surface area contributed by atoms with Crippen molar-refractivity contribution in [2.75, 3.05) is 0 Å². The van der Waals surface area contributed by atoms with E-state index >= 15 is 0 Å². The van der Waals surface area contributed by atoms with Crippen LogP contribution in [0.15, 0.2) is 18.2 Å². The lowest BCUT2D eigenvalue weighted by atomic mass is 10.1. The van der Waals surface area contributed by atoms with Crippen molar-refractivity contribution in [1.82, 2.24) is 5.32 Å². The smallest absolute Gasteiger partial charge is 0.260 e. The minimum absolute atomic E-state index is 0.0897. The fraction of sp³-hybridized carbons (Fsp3) is 0.500. The maximum Gasteiger partial charge on any atom is 0.260 e. The quantitative estimate of drug-likeness (QED) is 0.872. The first-order chi connectivity index (χ1) is 8.97. The first-order valence-electron chi connectivity index (χ1n) is 6.49. The molecule has 19 heavy (non-hydrogen) atoms. The summed E-state index contributed by atoms with van der Waals surface area (Å²) in [4.78, 5) is 11.9. The average Bonchev–Trinajstić information content (AvgIpc) is 3.14. The van der Waals surface area contributed by atoms with Crippen LogP contribution in [0.4, 0.5) is 0 Å². The van der Waals surface area contributed by atoms with Crippen molar-refractivity contribution in [2.24, 2.45) is 5.73 Å². The number of carbonyl (C=O) groups excluding carboxylic acids is 1. The molecular formula is C14H19ClN2O2. The van der Waals surface area contributed by atoms with E-state index in [9.17, 15) is 4.79 Å². The summed E-state index contributed by atoms with van der Waals surface area (Å²) in [6, 6.07) is 5.38. The Morgan fingerprint density at radius 3 is 2.74 bits per heavy atom. The molecule has 0 spiro atoms. The van der Waals surface area contributed by atoms with Crippen molar-refractivity contribution in [2.45, 2.75) is 44.9 Å². The third-order valence-corrected chi connectivity index (χ3v) is 3.29. The monoisotopic (exact) mass is 282 g/mol. The predicted octanol–water partition coefficient (Wildman–Crippen LogP) is 2.41. The largest absolute Gasteiger partial charge is 0.481 e. The van der Waals surface area contributed by atoms with Gasteiger partial charge in [0.2, 0.25) is 0 Å². The van der Waals surface area contributed by atoms with Gasteiger partial charge in [-0.3, -0.25) is 4.79 Å². The molecule has 2 atom stereocenters. The Morgan fingerprint density at radius 1 is 1.47 bits per heavy atom. The van der Waals surface area contributed by atoms with E-state index in [-0.39, 0.29) is 11.9 Å². The van der Waals surface area contributed by atoms with E-state index in [1.54, 1.807) is 25.1 Å². The fourth-order valence-electron chi connectivity index (χ4n) is 1.77. The SMILES string of the molecule is CC(Oc1ccc(Cl)cc1[C@H](C)N)C(=O)NC1CC1. The molecular weight excluding hydrogens is 264 g/mol. The second-order valence-electron chi connectivity index (χ2n) is 5.01. The van der Waals surface area contributed by atoms with Crippen molar-refractivity contribution < 1.29 is 9.53 Å². The Bertz CT molecular complexity index is 473. The third kappa shape index (κ3) is 3.85. The summed E-state index contributed by atoms with van der Waals surface area (Å²) in [5.41, 5.74) is 6.69. The van der Waals surface area contributed by atoms with Crippen LogP contribution in [0.1, 0.15) is 38.3 Å². The number of rotatable bonds is 5. The van der Waals surface area contributed by atoms with Crippen LogP contribution in [0, 0.1) is 0 Å². The lowest BCUT2D eigenvalue weighted by Gasteiger charge is -2.19. The molecule has 104 valence electrons. The maximum atomic E-state index is 11.9. The summed E-state index contributed by atoms with van der Waals surface area (Å²) < 4.78 is 5.70. The Balaban J connectivity index is 2.06. The normalized spacial score (nSPS) is 17.7. The fourth-order valence-corrected chi connectivity index (χ4v) is 1.95. The van der Waals surface area contributed by atoms with Gasteiger partial charge in [-0.1, -0.05) is 11.6 Å². The van der Waals surface area contributed by atoms with Crippen molar-refractivity contribution >= 4 is 17.5 Å². The van der Waals surface area contributed by atoms with Crippen LogP contribution in [-0.4, -0.2) is 18.1 Å². The van der Waals surface area contributed by atoms with Gasteiger partial charge < -0.3 is 15.8 Å². The zero-order chi connectivity index (χ0) is 14.0. The summed E-state index contributed by atoms with van der Waals surface area (Å²) >= 11 is 5.95. The van der Waals surface area contributed by atoms with Gasteiger partial charge in [0.25, 0.3) is 5.91 Å². The Kier molecular flexibility index (Phi) is 4.32.